The first-order valence-electron chi connectivity index (χ1n) is 8.07. The molecule has 2 amide bonds. The highest BCUT2D eigenvalue weighted by Gasteiger charge is 2.17. The van der Waals surface area contributed by atoms with Gasteiger partial charge in [0.2, 0.25) is 5.91 Å². The molecule has 5 nitrogen and oxygen atoms in total. The van der Waals surface area contributed by atoms with Gasteiger partial charge in [-0.25, -0.2) is 0 Å². The van der Waals surface area contributed by atoms with Gasteiger partial charge in [-0.2, -0.15) is 0 Å². The predicted octanol–water partition coefficient (Wildman–Crippen LogP) is 3.97. The fourth-order valence-corrected chi connectivity index (χ4v) is 4.08. The molecule has 0 aliphatic heterocycles. The second-order valence-electron chi connectivity index (χ2n) is 5.70. The van der Waals surface area contributed by atoms with E-state index in [0.717, 1.165) is 15.6 Å². The lowest BCUT2D eigenvalue weighted by Gasteiger charge is -2.09. The number of halogens is 1. The van der Waals surface area contributed by atoms with Gasteiger partial charge in [0.15, 0.2) is 5.11 Å². The molecule has 8 heteroatoms. The molecule has 1 aromatic heterocycles. The monoisotopic (exact) mass is 417 g/mol. The van der Waals surface area contributed by atoms with E-state index < -0.39 is 0 Å². The van der Waals surface area contributed by atoms with E-state index in [9.17, 15) is 9.59 Å². The van der Waals surface area contributed by atoms with E-state index in [1.165, 1.54) is 11.3 Å². The summed E-state index contributed by atoms with van der Waals surface area (Å²) in [5.41, 5.74) is 1.59. The van der Waals surface area contributed by atoms with Crippen molar-refractivity contribution in [1.82, 2.24) is 10.6 Å². The number of nitrogens with one attached hydrogen (secondary N) is 3. The Morgan fingerprint density at radius 3 is 2.48 bits per heavy atom. The molecule has 3 aromatic rings. The Bertz CT molecular complexity index is 1020. The molecule has 0 spiro atoms. The molecule has 27 heavy (non-hydrogen) atoms. The normalized spacial score (nSPS) is 10.4. The van der Waals surface area contributed by atoms with Gasteiger partial charge in [0, 0.05) is 22.8 Å². The third-order valence-electron chi connectivity index (χ3n) is 3.82. The highest BCUT2D eigenvalue weighted by molar-refractivity contribution is 7.80. The Hall–Kier alpha value is -2.48. The first kappa shape index (κ1) is 19.3. The molecule has 0 atom stereocenters. The van der Waals surface area contributed by atoms with Crippen LogP contribution in [0.3, 0.4) is 0 Å². The fraction of sp³-hybridized carbons (Fsp3) is 0.105. The van der Waals surface area contributed by atoms with Gasteiger partial charge in [-0.1, -0.05) is 41.9 Å². The molecule has 0 fully saturated rings. The number of anilines is 1. The first-order valence-corrected chi connectivity index (χ1v) is 9.67. The van der Waals surface area contributed by atoms with Gasteiger partial charge in [-0.3, -0.25) is 14.9 Å². The lowest BCUT2D eigenvalue weighted by atomic mass is 10.1. The minimum atomic E-state index is -0.352. The van der Waals surface area contributed by atoms with Crippen LogP contribution in [-0.2, 0) is 11.2 Å². The van der Waals surface area contributed by atoms with Crippen LogP contribution in [0.1, 0.15) is 15.2 Å². The number of carbonyl (C=O) groups excluding carboxylic acids is 2. The van der Waals surface area contributed by atoms with E-state index in [1.54, 1.807) is 19.2 Å². The summed E-state index contributed by atoms with van der Waals surface area (Å²) in [5.74, 6) is -0.409. The summed E-state index contributed by atoms with van der Waals surface area (Å²) in [7, 11) is 1.60. The molecule has 3 N–H and O–H groups in total. The Morgan fingerprint density at radius 2 is 1.81 bits per heavy atom. The third kappa shape index (κ3) is 4.63. The lowest BCUT2D eigenvalue weighted by Crippen LogP contribution is -2.33. The number of hydrogen-bond donors (Lipinski definition) is 3. The van der Waals surface area contributed by atoms with Gasteiger partial charge >= 0.3 is 0 Å². The first-order chi connectivity index (χ1) is 13.0. The quantitative estimate of drug-likeness (QED) is 0.562. The van der Waals surface area contributed by atoms with Crippen LogP contribution in [0, 0.1) is 0 Å². The molecule has 0 aliphatic carbocycles. The third-order valence-corrected chi connectivity index (χ3v) is 5.70. The van der Waals surface area contributed by atoms with Gasteiger partial charge in [0.05, 0.1) is 11.4 Å². The molecule has 0 unspecified atom stereocenters. The largest absolute Gasteiger partial charge is 0.359 e. The van der Waals surface area contributed by atoms with Crippen molar-refractivity contribution in [3.05, 3.63) is 64.0 Å². The topological polar surface area (TPSA) is 70.2 Å². The number of fused-ring (bicyclic) bond motifs is 1. The number of hydrogen-bond acceptors (Lipinski definition) is 4. The highest BCUT2D eigenvalue weighted by Crippen LogP contribution is 2.34. The summed E-state index contributed by atoms with van der Waals surface area (Å²) in [5, 5.41) is 9.62. The molecule has 0 saturated carbocycles. The van der Waals surface area contributed by atoms with Crippen molar-refractivity contribution in [2.75, 3.05) is 12.4 Å². The van der Waals surface area contributed by atoms with Crippen LogP contribution in [0.2, 0.25) is 5.02 Å². The van der Waals surface area contributed by atoms with E-state index in [4.69, 9.17) is 23.8 Å². The van der Waals surface area contributed by atoms with Gasteiger partial charge in [-0.15, -0.1) is 11.3 Å². The number of benzene rings is 2. The molecule has 3 rings (SSSR count). The van der Waals surface area contributed by atoms with Gasteiger partial charge in [0.25, 0.3) is 5.91 Å². The van der Waals surface area contributed by atoms with Crippen molar-refractivity contribution in [3.8, 4) is 0 Å². The van der Waals surface area contributed by atoms with Crippen LogP contribution >= 0.6 is 35.2 Å². The molecule has 0 saturated heterocycles. The van der Waals surface area contributed by atoms with E-state index in [2.05, 4.69) is 16.0 Å². The SMILES string of the molecule is CNC(=O)Cc1ccc(NC(=S)NC(=O)c2sc3ccccc3c2Cl)cc1. The molecule has 2 aromatic carbocycles. The van der Waals surface area contributed by atoms with Gasteiger partial charge < -0.3 is 10.6 Å². The van der Waals surface area contributed by atoms with Crippen molar-refractivity contribution in [3.63, 3.8) is 0 Å². The number of carbonyl (C=O) groups is 2. The van der Waals surface area contributed by atoms with E-state index in [0.29, 0.717) is 22.0 Å². The lowest BCUT2D eigenvalue weighted by molar-refractivity contribution is -0.119. The Labute approximate surface area is 170 Å². The maximum atomic E-state index is 12.5. The molecule has 0 radical (unpaired) electrons. The predicted molar refractivity (Wildman–Crippen MR) is 115 cm³/mol. The highest BCUT2D eigenvalue weighted by atomic mass is 35.5. The summed E-state index contributed by atoms with van der Waals surface area (Å²) in [6.45, 7) is 0. The minimum absolute atomic E-state index is 0.0568. The molecular formula is C19H16ClN3O2S2. The van der Waals surface area contributed by atoms with Crippen LogP contribution in [0.15, 0.2) is 48.5 Å². The Balaban J connectivity index is 1.64. The van der Waals surface area contributed by atoms with Crippen LogP contribution in [-0.4, -0.2) is 24.0 Å². The van der Waals surface area contributed by atoms with Crippen LogP contribution < -0.4 is 16.0 Å². The second kappa shape index (κ2) is 8.47. The molecular weight excluding hydrogens is 402 g/mol. The van der Waals surface area contributed by atoms with Gasteiger partial charge in [0.1, 0.15) is 4.88 Å². The zero-order valence-corrected chi connectivity index (χ0v) is 16.7. The maximum Gasteiger partial charge on any atom is 0.269 e. The molecule has 1 heterocycles. The average Bonchev–Trinajstić information content (AvgIpc) is 3.00. The average molecular weight is 418 g/mol. The minimum Gasteiger partial charge on any atom is -0.359 e. The summed E-state index contributed by atoms with van der Waals surface area (Å²) in [6.07, 6.45) is 0.308. The maximum absolute atomic E-state index is 12.5. The van der Waals surface area contributed by atoms with Crippen LogP contribution in [0.4, 0.5) is 5.69 Å². The number of amides is 2. The van der Waals surface area contributed by atoms with E-state index >= 15 is 0 Å². The van der Waals surface area contributed by atoms with Crippen LogP contribution in [0.25, 0.3) is 10.1 Å². The molecule has 0 bridgehead atoms. The summed E-state index contributed by atoms with van der Waals surface area (Å²) in [4.78, 5) is 24.3. The summed E-state index contributed by atoms with van der Waals surface area (Å²) in [6, 6.07) is 14.8. The van der Waals surface area contributed by atoms with E-state index in [-0.39, 0.29) is 16.9 Å². The number of thiophene rings is 1. The number of thiocarbonyl (C=S) groups is 1. The number of rotatable bonds is 4. The van der Waals surface area contributed by atoms with Crippen molar-refractivity contribution in [1.29, 1.82) is 0 Å². The van der Waals surface area contributed by atoms with Crippen molar-refractivity contribution < 1.29 is 9.59 Å². The smallest absolute Gasteiger partial charge is 0.269 e. The zero-order chi connectivity index (χ0) is 19.4. The van der Waals surface area contributed by atoms with E-state index in [1.807, 2.05) is 36.4 Å². The van der Waals surface area contributed by atoms with Crippen molar-refractivity contribution in [2.45, 2.75) is 6.42 Å². The van der Waals surface area contributed by atoms with Crippen molar-refractivity contribution in [2.24, 2.45) is 0 Å². The van der Waals surface area contributed by atoms with Crippen molar-refractivity contribution >= 4 is 67.9 Å². The Morgan fingerprint density at radius 1 is 1.11 bits per heavy atom. The fourth-order valence-electron chi connectivity index (χ4n) is 2.46. The van der Waals surface area contributed by atoms with Crippen LogP contribution in [0.5, 0.6) is 0 Å². The summed E-state index contributed by atoms with van der Waals surface area (Å²) >= 11 is 12.9. The summed E-state index contributed by atoms with van der Waals surface area (Å²) < 4.78 is 0.943. The molecule has 0 aliphatic rings. The number of likely N-dealkylation sites (N-methyl/N-ethyl adjacent to an activating group) is 1. The Kier molecular flexibility index (Phi) is 6.05. The second-order valence-corrected chi connectivity index (χ2v) is 7.53. The molecule has 138 valence electrons. The standard InChI is InChI=1S/C19H16ClN3O2S2/c1-21-15(24)10-11-6-8-12(9-7-11)22-19(26)23-18(25)17-16(20)13-4-2-3-5-14(13)27-17/h2-9H,10H2,1H3,(H,21,24)(H2,22,23,25,26). The zero-order valence-electron chi connectivity index (χ0n) is 14.3. The van der Waals surface area contributed by atoms with Gasteiger partial charge in [-0.05, 0) is 36.0 Å².